The van der Waals surface area contributed by atoms with Gasteiger partial charge in [0.25, 0.3) is 0 Å². The second-order valence-corrected chi connectivity index (χ2v) is 5.80. The first kappa shape index (κ1) is 16.5. The molecule has 0 amide bonds. The number of halogens is 5. The highest BCUT2D eigenvalue weighted by atomic mass is 32.2. The first-order chi connectivity index (χ1) is 10.1. The van der Waals surface area contributed by atoms with Crippen LogP contribution in [0.4, 0.5) is 22.0 Å². The molecule has 0 fully saturated rings. The molecular formula is C13H9F5N2OS. The maximum Gasteiger partial charge on any atom is 0.433 e. The summed E-state index contributed by atoms with van der Waals surface area (Å²) in [6, 6.07) is 3.13. The zero-order chi connectivity index (χ0) is 16.5. The van der Waals surface area contributed by atoms with Gasteiger partial charge in [-0.2, -0.15) is 13.2 Å². The van der Waals surface area contributed by atoms with E-state index in [1.807, 2.05) is 0 Å². The molecule has 1 aromatic heterocycles. The smallest absolute Gasteiger partial charge is 0.252 e. The summed E-state index contributed by atoms with van der Waals surface area (Å²) in [6.07, 6.45) is -4.70. The van der Waals surface area contributed by atoms with E-state index in [0.717, 1.165) is 12.1 Å². The standard InChI is InChI=1S/C13H9F5N2OS/c1-7-19-11(13(16,17)18)5-12(20-7)22(21)6-8-2-9(14)4-10(15)3-8/h2-5H,6H2,1H3. The average molecular weight is 336 g/mol. The van der Waals surface area contributed by atoms with Gasteiger partial charge in [-0.05, 0) is 24.6 Å². The quantitative estimate of drug-likeness (QED) is 0.637. The molecule has 0 radical (unpaired) electrons. The molecule has 1 atom stereocenters. The molecule has 22 heavy (non-hydrogen) atoms. The van der Waals surface area contributed by atoms with Gasteiger partial charge >= 0.3 is 6.18 Å². The summed E-state index contributed by atoms with van der Waals surface area (Å²) in [7, 11) is -1.99. The topological polar surface area (TPSA) is 42.9 Å². The lowest BCUT2D eigenvalue weighted by Gasteiger charge is -2.09. The van der Waals surface area contributed by atoms with Gasteiger partial charge in [0, 0.05) is 12.1 Å². The maximum atomic E-state index is 13.1. The van der Waals surface area contributed by atoms with Crippen molar-refractivity contribution in [2.75, 3.05) is 0 Å². The Morgan fingerprint density at radius 1 is 1.05 bits per heavy atom. The maximum absolute atomic E-state index is 13.1. The lowest BCUT2D eigenvalue weighted by Crippen LogP contribution is -2.12. The third kappa shape index (κ3) is 4.06. The number of aryl methyl sites for hydroxylation is 1. The first-order valence-corrected chi connectivity index (χ1v) is 7.23. The molecule has 0 N–H and O–H groups in total. The fourth-order valence-corrected chi connectivity index (χ4v) is 2.82. The van der Waals surface area contributed by atoms with E-state index in [9.17, 15) is 26.2 Å². The van der Waals surface area contributed by atoms with Crippen LogP contribution in [0.5, 0.6) is 0 Å². The summed E-state index contributed by atoms with van der Waals surface area (Å²) in [5.74, 6) is -2.27. The second-order valence-electron chi connectivity index (χ2n) is 4.40. The molecule has 0 saturated heterocycles. The molecule has 1 unspecified atom stereocenters. The summed E-state index contributed by atoms with van der Waals surface area (Å²) in [4.78, 5) is 6.92. The molecule has 3 nitrogen and oxygen atoms in total. The van der Waals surface area contributed by atoms with Crippen molar-refractivity contribution in [3.05, 3.63) is 53.0 Å². The van der Waals surface area contributed by atoms with Crippen LogP contribution in [-0.2, 0) is 22.7 Å². The fraction of sp³-hybridized carbons (Fsp3) is 0.231. The van der Waals surface area contributed by atoms with Crippen LogP contribution < -0.4 is 0 Å². The fourth-order valence-electron chi connectivity index (χ4n) is 1.72. The lowest BCUT2D eigenvalue weighted by atomic mass is 10.2. The van der Waals surface area contributed by atoms with E-state index < -0.39 is 34.3 Å². The van der Waals surface area contributed by atoms with E-state index >= 15 is 0 Å². The zero-order valence-electron chi connectivity index (χ0n) is 11.1. The van der Waals surface area contributed by atoms with Crippen LogP contribution in [0.3, 0.4) is 0 Å². The zero-order valence-corrected chi connectivity index (χ0v) is 11.9. The van der Waals surface area contributed by atoms with Crippen molar-refractivity contribution < 1.29 is 26.2 Å². The Hall–Kier alpha value is -1.90. The van der Waals surface area contributed by atoms with Gasteiger partial charge < -0.3 is 0 Å². The molecule has 0 aliphatic carbocycles. The highest BCUT2D eigenvalue weighted by Crippen LogP contribution is 2.28. The lowest BCUT2D eigenvalue weighted by molar-refractivity contribution is -0.141. The summed E-state index contributed by atoms with van der Waals surface area (Å²) < 4.78 is 76.1. The van der Waals surface area contributed by atoms with Crippen molar-refractivity contribution in [3.8, 4) is 0 Å². The largest absolute Gasteiger partial charge is 0.433 e. The van der Waals surface area contributed by atoms with E-state index in [1.54, 1.807) is 0 Å². The first-order valence-electron chi connectivity index (χ1n) is 5.91. The molecule has 0 aliphatic rings. The van der Waals surface area contributed by atoms with E-state index in [0.29, 0.717) is 12.1 Å². The van der Waals surface area contributed by atoms with Crippen LogP contribution in [0.1, 0.15) is 17.1 Å². The Bertz CT molecular complexity index is 713. The summed E-state index contributed by atoms with van der Waals surface area (Å²) in [6.45, 7) is 1.23. The predicted octanol–water partition coefficient (Wildman–Crippen LogP) is 3.39. The van der Waals surface area contributed by atoms with Crippen molar-refractivity contribution in [2.24, 2.45) is 0 Å². The summed E-state index contributed by atoms with van der Waals surface area (Å²) in [5, 5.41) is -0.343. The van der Waals surface area contributed by atoms with Crippen LogP contribution in [0, 0.1) is 18.6 Å². The molecule has 1 aromatic carbocycles. The van der Waals surface area contributed by atoms with Crippen LogP contribution in [0.2, 0.25) is 0 Å². The molecule has 0 bridgehead atoms. The predicted molar refractivity (Wildman–Crippen MR) is 68.2 cm³/mol. The van der Waals surface area contributed by atoms with Crippen molar-refractivity contribution >= 4 is 10.8 Å². The third-order valence-electron chi connectivity index (χ3n) is 2.56. The molecular weight excluding hydrogens is 327 g/mol. The highest BCUT2D eigenvalue weighted by molar-refractivity contribution is 7.84. The van der Waals surface area contributed by atoms with Crippen molar-refractivity contribution in [3.63, 3.8) is 0 Å². The number of benzene rings is 1. The monoisotopic (exact) mass is 336 g/mol. The van der Waals surface area contributed by atoms with Gasteiger partial charge in [-0.15, -0.1) is 0 Å². The van der Waals surface area contributed by atoms with E-state index in [-0.39, 0.29) is 22.2 Å². The molecule has 0 saturated carbocycles. The summed E-state index contributed by atoms with van der Waals surface area (Å²) >= 11 is 0. The van der Waals surface area contributed by atoms with E-state index in [1.165, 1.54) is 6.92 Å². The molecule has 118 valence electrons. The number of aromatic nitrogens is 2. The minimum absolute atomic E-state index is 0.0562. The number of alkyl halides is 3. The number of hydrogen-bond donors (Lipinski definition) is 0. The minimum atomic E-state index is -4.70. The van der Waals surface area contributed by atoms with Gasteiger partial charge in [0.2, 0.25) is 0 Å². The van der Waals surface area contributed by atoms with E-state index in [2.05, 4.69) is 9.97 Å². The van der Waals surface area contributed by atoms with Crippen LogP contribution in [0.15, 0.2) is 29.3 Å². The van der Waals surface area contributed by atoms with Gasteiger partial charge in [-0.1, -0.05) is 0 Å². The molecule has 9 heteroatoms. The van der Waals surface area contributed by atoms with E-state index in [4.69, 9.17) is 0 Å². The Kier molecular flexibility index (Phi) is 4.55. The van der Waals surface area contributed by atoms with Crippen LogP contribution in [-0.4, -0.2) is 14.2 Å². The highest BCUT2D eigenvalue weighted by Gasteiger charge is 2.33. The number of rotatable bonds is 3. The second kappa shape index (κ2) is 6.07. The van der Waals surface area contributed by atoms with Gasteiger partial charge in [-0.25, -0.2) is 18.7 Å². The molecule has 2 aromatic rings. The Morgan fingerprint density at radius 2 is 1.64 bits per heavy atom. The van der Waals surface area contributed by atoms with Crippen molar-refractivity contribution in [2.45, 2.75) is 23.9 Å². The van der Waals surface area contributed by atoms with Gasteiger partial charge in [-0.3, -0.25) is 4.21 Å². The molecule has 2 rings (SSSR count). The van der Waals surface area contributed by atoms with Crippen molar-refractivity contribution in [1.29, 1.82) is 0 Å². The molecule has 0 spiro atoms. The number of hydrogen-bond acceptors (Lipinski definition) is 3. The number of nitrogens with zero attached hydrogens (tertiary/aromatic N) is 2. The van der Waals surface area contributed by atoms with Crippen LogP contribution in [0.25, 0.3) is 0 Å². The van der Waals surface area contributed by atoms with Crippen LogP contribution >= 0.6 is 0 Å². The average Bonchev–Trinajstić information content (AvgIpc) is 2.35. The minimum Gasteiger partial charge on any atom is -0.252 e. The molecule has 0 aliphatic heterocycles. The van der Waals surface area contributed by atoms with Crippen molar-refractivity contribution in [1.82, 2.24) is 9.97 Å². The summed E-state index contributed by atoms with van der Waals surface area (Å²) in [5.41, 5.74) is -1.16. The van der Waals surface area contributed by atoms with Gasteiger partial charge in [0.15, 0.2) is 0 Å². The normalized spacial score (nSPS) is 13.2. The van der Waals surface area contributed by atoms with Gasteiger partial charge in [0.1, 0.15) is 28.2 Å². The van der Waals surface area contributed by atoms with Gasteiger partial charge in [0.05, 0.1) is 16.6 Å². The molecule has 1 heterocycles. The SMILES string of the molecule is Cc1nc(S(=O)Cc2cc(F)cc(F)c2)cc(C(F)(F)F)n1. The third-order valence-corrected chi connectivity index (χ3v) is 3.83. The Balaban J connectivity index is 2.31. The Morgan fingerprint density at radius 3 is 2.18 bits per heavy atom. The Labute approximate surface area is 124 Å².